The van der Waals surface area contributed by atoms with Gasteiger partial charge in [0, 0.05) is 16.6 Å². The van der Waals surface area contributed by atoms with Crippen molar-refractivity contribution in [2.75, 3.05) is 4.90 Å². The van der Waals surface area contributed by atoms with Crippen molar-refractivity contribution in [2.24, 2.45) is 0 Å². The van der Waals surface area contributed by atoms with Crippen LogP contribution in [0.5, 0.6) is 0 Å². The Morgan fingerprint density at radius 2 is 2.29 bits per heavy atom. The molecule has 3 nitrogen and oxygen atoms in total. The van der Waals surface area contributed by atoms with Crippen molar-refractivity contribution in [3.63, 3.8) is 0 Å². The third-order valence-electron chi connectivity index (χ3n) is 4.32. The Kier molecular flexibility index (Phi) is 3.16. The smallest absolute Gasteiger partial charge is 0.147 e. The summed E-state index contributed by atoms with van der Waals surface area (Å²) in [5, 5.41) is 11.6. The third-order valence-corrected chi connectivity index (χ3v) is 5.18. The molecule has 4 rings (SSSR count). The van der Waals surface area contributed by atoms with E-state index in [1.807, 2.05) is 0 Å². The number of rotatable bonds is 4. The maximum atomic E-state index is 9.51. The first-order chi connectivity index (χ1) is 10.3. The highest BCUT2D eigenvalue weighted by atomic mass is 32.1. The number of nitriles is 1. The van der Waals surface area contributed by atoms with Crippen molar-refractivity contribution in [3.05, 3.63) is 45.3 Å². The van der Waals surface area contributed by atoms with Gasteiger partial charge in [-0.15, -0.1) is 11.3 Å². The molecular weight excluding hydrogens is 278 g/mol. The van der Waals surface area contributed by atoms with Crippen molar-refractivity contribution in [3.8, 4) is 6.07 Å². The van der Waals surface area contributed by atoms with Crippen LogP contribution in [0.2, 0.25) is 0 Å². The summed E-state index contributed by atoms with van der Waals surface area (Å²) in [6.07, 6.45) is 5.74. The highest BCUT2D eigenvalue weighted by Gasteiger charge is 2.32. The van der Waals surface area contributed by atoms with Gasteiger partial charge in [0.2, 0.25) is 0 Å². The molecule has 4 heteroatoms. The lowest BCUT2D eigenvalue weighted by atomic mass is 10.1. The van der Waals surface area contributed by atoms with Crippen LogP contribution in [0.1, 0.15) is 41.0 Å². The first-order valence-corrected chi connectivity index (χ1v) is 8.45. The number of fused-ring (bicyclic) bond motifs is 1. The van der Waals surface area contributed by atoms with Crippen LogP contribution >= 0.6 is 11.3 Å². The van der Waals surface area contributed by atoms with Gasteiger partial charge in [-0.25, -0.2) is 4.98 Å². The Morgan fingerprint density at radius 1 is 1.38 bits per heavy atom. The van der Waals surface area contributed by atoms with Gasteiger partial charge < -0.3 is 4.90 Å². The molecule has 0 unspecified atom stereocenters. The topological polar surface area (TPSA) is 39.9 Å². The van der Waals surface area contributed by atoms with Gasteiger partial charge in [-0.3, -0.25) is 0 Å². The average Bonchev–Trinajstić information content (AvgIpc) is 3.02. The Bertz CT molecular complexity index is 696. The molecule has 2 aromatic heterocycles. The molecule has 0 saturated heterocycles. The van der Waals surface area contributed by atoms with Crippen LogP contribution in [0.3, 0.4) is 0 Å². The fraction of sp³-hybridized carbons (Fsp3) is 0.412. The Labute approximate surface area is 128 Å². The van der Waals surface area contributed by atoms with Crippen molar-refractivity contribution < 1.29 is 0 Å². The zero-order valence-corrected chi connectivity index (χ0v) is 12.7. The lowest BCUT2D eigenvalue weighted by Gasteiger charge is -2.24. The molecule has 0 aliphatic heterocycles. The van der Waals surface area contributed by atoms with Crippen LogP contribution in [-0.4, -0.2) is 11.0 Å². The molecule has 0 atom stereocenters. The number of thiophene rings is 1. The lowest BCUT2D eigenvalue weighted by Crippen LogP contribution is -2.27. The van der Waals surface area contributed by atoms with Crippen molar-refractivity contribution in [1.29, 1.82) is 5.26 Å². The van der Waals surface area contributed by atoms with E-state index in [0.29, 0.717) is 6.04 Å². The van der Waals surface area contributed by atoms with Gasteiger partial charge in [0.25, 0.3) is 0 Å². The lowest BCUT2D eigenvalue weighted by molar-refractivity contribution is 0.779. The zero-order chi connectivity index (χ0) is 14.2. The van der Waals surface area contributed by atoms with E-state index in [1.54, 1.807) is 11.3 Å². The summed E-state index contributed by atoms with van der Waals surface area (Å²) in [5.41, 5.74) is 3.24. The molecule has 0 bridgehead atoms. The molecule has 1 fully saturated rings. The molecule has 2 aliphatic carbocycles. The number of anilines is 1. The van der Waals surface area contributed by atoms with E-state index in [2.05, 4.69) is 34.5 Å². The van der Waals surface area contributed by atoms with E-state index < -0.39 is 0 Å². The molecule has 1 saturated carbocycles. The summed E-state index contributed by atoms with van der Waals surface area (Å²) < 4.78 is 0. The summed E-state index contributed by atoms with van der Waals surface area (Å²) in [5.74, 6) is 0.911. The van der Waals surface area contributed by atoms with Crippen LogP contribution < -0.4 is 4.90 Å². The number of pyridine rings is 1. The maximum absolute atomic E-state index is 9.51. The SMILES string of the molecule is N#Cc1cc2c(nc1N(Cc1cccs1)C1CC1)CCC2. The first-order valence-electron chi connectivity index (χ1n) is 7.57. The van der Waals surface area contributed by atoms with Gasteiger partial charge in [0.05, 0.1) is 12.1 Å². The minimum absolute atomic E-state index is 0.561. The zero-order valence-electron chi connectivity index (χ0n) is 11.9. The second-order valence-electron chi connectivity index (χ2n) is 5.87. The summed E-state index contributed by atoms with van der Waals surface area (Å²) >= 11 is 1.78. The predicted octanol–water partition coefficient (Wildman–Crippen LogP) is 3.67. The second-order valence-corrected chi connectivity index (χ2v) is 6.90. The molecule has 0 N–H and O–H groups in total. The largest absolute Gasteiger partial charge is 0.347 e. The molecule has 106 valence electrons. The average molecular weight is 295 g/mol. The number of nitrogens with zero attached hydrogens (tertiary/aromatic N) is 3. The standard InChI is InChI=1S/C17H17N3S/c18-10-13-9-12-3-1-5-16(12)19-17(13)20(14-6-7-14)11-15-4-2-8-21-15/h2,4,8-9,14H,1,3,5-7,11H2. The number of hydrogen-bond donors (Lipinski definition) is 0. The van der Waals surface area contributed by atoms with Gasteiger partial charge in [-0.2, -0.15) is 5.26 Å². The molecule has 0 radical (unpaired) electrons. The highest BCUT2D eigenvalue weighted by molar-refractivity contribution is 7.09. The summed E-state index contributed by atoms with van der Waals surface area (Å²) in [7, 11) is 0. The highest BCUT2D eigenvalue weighted by Crippen LogP contribution is 2.36. The van der Waals surface area contributed by atoms with Gasteiger partial charge >= 0.3 is 0 Å². The van der Waals surface area contributed by atoms with Crippen LogP contribution in [0, 0.1) is 11.3 Å². The Morgan fingerprint density at radius 3 is 3.00 bits per heavy atom. The van der Waals surface area contributed by atoms with Gasteiger partial charge in [-0.1, -0.05) is 6.07 Å². The normalized spacial score (nSPS) is 16.5. The molecule has 0 spiro atoms. The van der Waals surface area contributed by atoms with Gasteiger partial charge in [0.1, 0.15) is 11.9 Å². The van der Waals surface area contributed by atoms with Crippen molar-refractivity contribution in [2.45, 2.75) is 44.7 Å². The fourth-order valence-corrected chi connectivity index (χ4v) is 3.80. The fourth-order valence-electron chi connectivity index (χ4n) is 3.10. The number of aromatic nitrogens is 1. The molecule has 21 heavy (non-hydrogen) atoms. The van der Waals surface area contributed by atoms with Crippen LogP contribution in [0.15, 0.2) is 23.6 Å². The van der Waals surface area contributed by atoms with E-state index in [9.17, 15) is 5.26 Å². The minimum atomic E-state index is 0.561. The number of aryl methyl sites for hydroxylation is 2. The monoisotopic (exact) mass is 295 g/mol. The molecule has 0 aromatic carbocycles. The molecule has 2 aromatic rings. The molecule has 2 aliphatic rings. The van der Waals surface area contributed by atoms with E-state index >= 15 is 0 Å². The van der Waals surface area contributed by atoms with Crippen molar-refractivity contribution >= 4 is 17.2 Å². The van der Waals surface area contributed by atoms with E-state index in [4.69, 9.17) is 4.98 Å². The van der Waals surface area contributed by atoms with Crippen LogP contribution in [0.4, 0.5) is 5.82 Å². The quantitative estimate of drug-likeness (QED) is 0.864. The van der Waals surface area contributed by atoms with Crippen LogP contribution in [0.25, 0.3) is 0 Å². The maximum Gasteiger partial charge on any atom is 0.147 e. The summed E-state index contributed by atoms with van der Waals surface area (Å²) in [4.78, 5) is 8.57. The summed E-state index contributed by atoms with van der Waals surface area (Å²) in [6, 6.07) is 9.26. The minimum Gasteiger partial charge on any atom is -0.347 e. The Balaban J connectivity index is 1.74. The number of hydrogen-bond acceptors (Lipinski definition) is 4. The Hall–Kier alpha value is -1.86. The van der Waals surface area contributed by atoms with E-state index in [1.165, 1.54) is 35.4 Å². The first kappa shape index (κ1) is 12.8. The van der Waals surface area contributed by atoms with E-state index in [-0.39, 0.29) is 0 Å². The predicted molar refractivity (Wildman–Crippen MR) is 84.5 cm³/mol. The van der Waals surface area contributed by atoms with E-state index in [0.717, 1.165) is 30.8 Å². The van der Waals surface area contributed by atoms with Gasteiger partial charge in [0.15, 0.2) is 0 Å². The second kappa shape index (κ2) is 5.16. The van der Waals surface area contributed by atoms with Crippen LogP contribution in [-0.2, 0) is 19.4 Å². The van der Waals surface area contributed by atoms with Crippen molar-refractivity contribution in [1.82, 2.24) is 4.98 Å². The molecule has 0 amide bonds. The molecule has 2 heterocycles. The van der Waals surface area contributed by atoms with Gasteiger partial charge in [-0.05, 0) is 55.2 Å². The summed E-state index contributed by atoms with van der Waals surface area (Å²) in [6.45, 7) is 0.878. The molecular formula is C17H17N3S. The third kappa shape index (κ3) is 2.43.